The van der Waals surface area contributed by atoms with Crippen molar-refractivity contribution in [3.05, 3.63) is 41.6 Å². The van der Waals surface area contributed by atoms with Crippen molar-refractivity contribution < 1.29 is 9.53 Å². The number of benzene rings is 1. The number of hydrogen-bond acceptors (Lipinski definition) is 4. The van der Waals surface area contributed by atoms with Crippen LogP contribution >= 0.6 is 11.8 Å². The molecular weight excluding hydrogens is 274 g/mol. The highest BCUT2D eigenvalue weighted by Crippen LogP contribution is 2.26. The smallest absolute Gasteiger partial charge is 0.249 e. The second-order valence-corrected chi connectivity index (χ2v) is 5.50. The molecule has 0 saturated heterocycles. The van der Waals surface area contributed by atoms with Crippen LogP contribution in [0.2, 0.25) is 0 Å². The van der Waals surface area contributed by atoms with E-state index >= 15 is 0 Å². The first-order valence-electron chi connectivity index (χ1n) is 6.28. The molecule has 0 unspecified atom stereocenters. The minimum Gasteiger partial charge on any atom is -0.472 e. The van der Waals surface area contributed by atoms with Crippen LogP contribution in [0.3, 0.4) is 0 Å². The van der Waals surface area contributed by atoms with Crippen LogP contribution in [0.25, 0.3) is 0 Å². The number of aromatic nitrogens is 2. The summed E-state index contributed by atoms with van der Waals surface area (Å²) in [6.45, 7) is 2.34. The van der Waals surface area contributed by atoms with E-state index in [2.05, 4.69) is 12.0 Å². The van der Waals surface area contributed by atoms with E-state index in [9.17, 15) is 4.79 Å². The molecule has 1 amide bonds. The maximum Gasteiger partial charge on any atom is 0.249 e. The number of carbonyl (C=O) groups excluding carboxylic acids is 1. The van der Waals surface area contributed by atoms with E-state index < -0.39 is 5.91 Å². The van der Waals surface area contributed by atoms with Gasteiger partial charge in [0.2, 0.25) is 11.8 Å². The van der Waals surface area contributed by atoms with E-state index in [0.717, 1.165) is 16.2 Å². The summed E-state index contributed by atoms with van der Waals surface area (Å²) in [5.41, 5.74) is 6.75. The molecule has 2 rings (SSSR count). The summed E-state index contributed by atoms with van der Waals surface area (Å²) in [5, 5.41) is 4.15. The third-order valence-corrected chi connectivity index (χ3v) is 3.73. The van der Waals surface area contributed by atoms with E-state index in [-0.39, 0.29) is 6.61 Å². The van der Waals surface area contributed by atoms with Gasteiger partial charge in [0, 0.05) is 35.3 Å². The molecule has 1 heterocycles. The third-order valence-electron chi connectivity index (χ3n) is 2.75. The molecule has 20 heavy (non-hydrogen) atoms. The lowest BCUT2D eigenvalue weighted by Gasteiger charge is -2.12. The van der Waals surface area contributed by atoms with Gasteiger partial charge in [-0.1, -0.05) is 13.0 Å². The van der Waals surface area contributed by atoms with Gasteiger partial charge in [0.15, 0.2) is 0 Å². The Morgan fingerprint density at radius 1 is 1.45 bits per heavy atom. The van der Waals surface area contributed by atoms with E-state index in [1.807, 2.05) is 19.2 Å². The molecule has 1 aromatic heterocycles. The van der Waals surface area contributed by atoms with E-state index in [1.165, 1.54) is 0 Å². The number of aryl methyl sites for hydroxylation is 1. The summed E-state index contributed by atoms with van der Waals surface area (Å²) in [5.74, 6) is 1.00. The van der Waals surface area contributed by atoms with Gasteiger partial charge in [0.25, 0.3) is 0 Å². The first-order valence-corrected chi connectivity index (χ1v) is 7.27. The SMILES string of the molecule is CCSc1cccc(C(N)=O)c1COc1ccn(C)n1. The number of thioether (sulfide) groups is 1. The number of nitrogens with zero attached hydrogens (tertiary/aromatic N) is 2. The molecule has 6 heteroatoms. The highest BCUT2D eigenvalue weighted by atomic mass is 32.2. The molecule has 2 aromatic rings. The normalized spacial score (nSPS) is 10.5. The van der Waals surface area contributed by atoms with E-state index in [1.54, 1.807) is 34.8 Å². The molecule has 0 spiro atoms. The Kier molecular flexibility index (Phi) is 4.68. The summed E-state index contributed by atoms with van der Waals surface area (Å²) in [7, 11) is 1.82. The minimum atomic E-state index is -0.442. The van der Waals surface area contributed by atoms with Crippen LogP contribution in [0.5, 0.6) is 5.88 Å². The van der Waals surface area contributed by atoms with E-state index in [4.69, 9.17) is 10.5 Å². The van der Waals surface area contributed by atoms with Crippen LogP contribution in [-0.2, 0) is 13.7 Å². The van der Waals surface area contributed by atoms with Crippen LogP contribution in [0.15, 0.2) is 35.4 Å². The fraction of sp³-hybridized carbons (Fsp3) is 0.286. The van der Waals surface area contributed by atoms with E-state index in [0.29, 0.717) is 11.4 Å². The van der Waals surface area contributed by atoms with Gasteiger partial charge in [-0.3, -0.25) is 9.48 Å². The number of amides is 1. The summed E-state index contributed by atoms with van der Waals surface area (Å²) < 4.78 is 7.30. The fourth-order valence-corrected chi connectivity index (χ4v) is 2.68. The van der Waals surface area contributed by atoms with Crippen LogP contribution in [-0.4, -0.2) is 21.4 Å². The Bertz CT molecular complexity index is 610. The maximum atomic E-state index is 11.5. The summed E-state index contributed by atoms with van der Waals surface area (Å²) in [4.78, 5) is 12.5. The molecule has 1 aromatic carbocycles. The highest BCUT2D eigenvalue weighted by molar-refractivity contribution is 7.99. The Morgan fingerprint density at radius 2 is 2.25 bits per heavy atom. The van der Waals surface area contributed by atoms with Gasteiger partial charge in [-0.05, 0) is 17.9 Å². The van der Waals surface area contributed by atoms with Crippen molar-refractivity contribution in [3.8, 4) is 5.88 Å². The quantitative estimate of drug-likeness (QED) is 0.828. The van der Waals surface area contributed by atoms with Gasteiger partial charge >= 0.3 is 0 Å². The largest absolute Gasteiger partial charge is 0.472 e. The molecule has 0 aliphatic carbocycles. The van der Waals surface area contributed by atoms with Crippen LogP contribution in [0.4, 0.5) is 0 Å². The fourth-order valence-electron chi connectivity index (χ4n) is 1.85. The Morgan fingerprint density at radius 3 is 2.85 bits per heavy atom. The Labute approximate surface area is 122 Å². The lowest BCUT2D eigenvalue weighted by molar-refractivity contribution is 0.0997. The molecule has 0 fully saturated rings. The Hall–Kier alpha value is -1.95. The average Bonchev–Trinajstić information content (AvgIpc) is 2.83. The standard InChI is InChI=1S/C14H17N3O2S/c1-3-20-12-6-4-5-10(14(15)18)11(12)9-19-13-7-8-17(2)16-13/h4-8H,3,9H2,1-2H3,(H2,15,18). The predicted octanol–water partition coefficient (Wildman–Crippen LogP) is 2.21. The lowest BCUT2D eigenvalue weighted by Crippen LogP contribution is -2.15. The maximum absolute atomic E-state index is 11.5. The lowest BCUT2D eigenvalue weighted by atomic mass is 10.1. The number of nitrogens with two attached hydrogens (primary N) is 1. The molecule has 106 valence electrons. The molecule has 0 bridgehead atoms. The summed E-state index contributed by atoms with van der Waals surface area (Å²) >= 11 is 1.66. The summed E-state index contributed by atoms with van der Waals surface area (Å²) in [6.07, 6.45) is 1.80. The molecule has 0 aliphatic heterocycles. The predicted molar refractivity (Wildman–Crippen MR) is 78.9 cm³/mol. The van der Waals surface area contributed by atoms with Gasteiger partial charge in [0.1, 0.15) is 6.61 Å². The Balaban J connectivity index is 2.25. The van der Waals surface area contributed by atoms with Crippen molar-refractivity contribution in [1.29, 1.82) is 0 Å². The van der Waals surface area contributed by atoms with Crippen LogP contribution in [0, 0.1) is 0 Å². The molecular formula is C14H17N3O2S. The molecule has 0 atom stereocenters. The highest BCUT2D eigenvalue weighted by Gasteiger charge is 2.13. The second kappa shape index (κ2) is 6.47. The van der Waals surface area contributed by atoms with Crippen molar-refractivity contribution in [2.45, 2.75) is 18.4 Å². The molecule has 0 radical (unpaired) electrons. The average molecular weight is 291 g/mol. The summed E-state index contributed by atoms with van der Waals surface area (Å²) in [6, 6.07) is 7.30. The van der Waals surface area contributed by atoms with Gasteiger partial charge in [0.05, 0.1) is 0 Å². The van der Waals surface area contributed by atoms with Crippen LogP contribution in [0.1, 0.15) is 22.8 Å². The number of rotatable bonds is 6. The van der Waals surface area contributed by atoms with Crippen molar-refractivity contribution in [2.24, 2.45) is 12.8 Å². The van der Waals surface area contributed by atoms with Crippen molar-refractivity contribution >= 4 is 17.7 Å². The van der Waals surface area contributed by atoms with Gasteiger partial charge in [-0.2, -0.15) is 0 Å². The molecule has 5 nitrogen and oxygen atoms in total. The first kappa shape index (κ1) is 14.5. The zero-order valence-electron chi connectivity index (χ0n) is 11.5. The topological polar surface area (TPSA) is 70.1 Å². The van der Waals surface area contributed by atoms with Gasteiger partial charge in [-0.15, -0.1) is 16.9 Å². The van der Waals surface area contributed by atoms with Crippen molar-refractivity contribution in [2.75, 3.05) is 5.75 Å². The molecule has 2 N–H and O–H groups in total. The number of primary amides is 1. The van der Waals surface area contributed by atoms with Gasteiger partial charge < -0.3 is 10.5 Å². The third kappa shape index (κ3) is 3.33. The molecule has 0 aliphatic rings. The monoisotopic (exact) mass is 291 g/mol. The van der Waals surface area contributed by atoms with Crippen molar-refractivity contribution in [1.82, 2.24) is 9.78 Å². The van der Waals surface area contributed by atoms with Crippen molar-refractivity contribution in [3.63, 3.8) is 0 Å². The second-order valence-electron chi connectivity index (χ2n) is 4.20. The zero-order valence-corrected chi connectivity index (χ0v) is 12.3. The van der Waals surface area contributed by atoms with Gasteiger partial charge in [-0.25, -0.2) is 0 Å². The number of hydrogen-bond donors (Lipinski definition) is 1. The molecule has 0 saturated carbocycles. The van der Waals surface area contributed by atoms with Crippen LogP contribution < -0.4 is 10.5 Å². The zero-order chi connectivity index (χ0) is 14.5. The minimum absolute atomic E-state index is 0.276. The number of carbonyl (C=O) groups is 1. The first-order chi connectivity index (χ1) is 9.61. The number of ether oxygens (including phenoxy) is 1.